The van der Waals surface area contributed by atoms with E-state index in [0.29, 0.717) is 17.3 Å². The second kappa shape index (κ2) is 6.88. The van der Waals surface area contributed by atoms with Crippen LogP contribution in [-0.2, 0) is 0 Å². The zero-order valence-corrected chi connectivity index (χ0v) is 17.8. The highest BCUT2D eigenvalue weighted by molar-refractivity contribution is 5.79. The average molecular weight is 415 g/mol. The van der Waals surface area contributed by atoms with Gasteiger partial charge in [0.2, 0.25) is 5.95 Å². The van der Waals surface area contributed by atoms with E-state index in [2.05, 4.69) is 54.8 Å². The number of rotatable bonds is 4. The first-order valence-corrected chi connectivity index (χ1v) is 10.9. The molecule has 2 aliphatic rings. The van der Waals surface area contributed by atoms with Crippen molar-refractivity contribution in [2.75, 3.05) is 36.4 Å². The Morgan fingerprint density at radius 1 is 1.03 bits per heavy atom. The van der Waals surface area contributed by atoms with E-state index in [4.69, 9.17) is 4.98 Å². The molecule has 0 atom stereocenters. The number of anilines is 3. The highest BCUT2D eigenvalue weighted by atomic mass is 15.2. The monoisotopic (exact) mass is 414 g/mol. The Hall–Kier alpha value is -3.26. The Morgan fingerprint density at radius 2 is 1.94 bits per heavy atom. The summed E-state index contributed by atoms with van der Waals surface area (Å²) in [5.74, 6) is 1.62. The van der Waals surface area contributed by atoms with E-state index in [-0.39, 0.29) is 0 Å². The second-order valence-corrected chi connectivity index (χ2v) is 9.14. The Balaban J connectivity index is 1.27. The van der Waals surface area contributed by atoms with Crippen molar-refractivity contribution in [3.05, 3.63) is 48.5 Å². The van der Waals surface area contributed by atoms with Gasteiger partial charge in [0.05, 0.1) is 11.9 Å². The lowest BCUT2D eigenvalue weighted by Crippen LogP contribution is -2.54. The predicted octanol–water partition coefficient (Wildman–Crippen LogP) is 3.34. The van der Waals surface area contributed by atoms with Crippen molar-refractivity contribution in [2.45, 2.75) is 26.2 Å². The van der Waals surface area contributed by atoms with Crippen molar-refractivity contribution < 1.29 is 0 Å². The molecule has 0 aromatic carbocycles. The fraction of sp³-hybridized carbons (Fsp3) is 0.391. The van der Waals surface area contributed by atoms with Gasteiger partial charge in [-0.1, -0.05) is 13.8 Å². The van der Waals surface area contributed by atoms with Crippen LogP contribution in [0.3, 0.4) is 0 Å². The maximum absolute atomic E-state index is 4.79. The summed E-state index contributed by atoms with van der Waals surface area (Å²) in [5, 5.41) is 7.66. The van der Waals surface area contributed by atoms with E-state index in [1.807, 2.05) is 36.8 Å². The van der Waals surface area contributed by atoms with Gasteiger partial charge in [-0.3, -0.25) is 4.40 Å². The molecule has 0 unspecified atom stereocenters. The average Bonchev–Trinajstić information content (AvgIpc) is 3.39. The van der Waals surface area contributed by atoms with Crippen molar-refractivity contribution in [2.24, 2.45) is 5.41 Å². The van der Waals surface area contributed by atoms with E-state index in [0.717, 1.165) is 54.4 Å². The smallest absolute Gasteiger partial charge is 0.230 e. The van der Waals surface area contributed by atoms with Gasteiger partial charge in [0.1, 0.15) is 11.5 Å². The van der Waals surface area contributed by atoms with Crippen LogP contribution in [0.15, 0.2) is 42.9 Å². The third kappa shape index (κ3) is 3.09. The topological polar surface area (TPSA) is 83.3 Å². The van der Waals surface area contributed by atoms with Gasteiger partial charge in [-0.25, -0.2) is 15.0 Å². The van der Waals surface area contributed by atoms with Crippen molar-refractivity contribution >= 4 is 34.1 Å². The first-order valence-electron chi connectivity index (χ1n) is 10.9. The fourth-order valence-corrected chi connectivity index (χ4v) is 4.72. The Morgan fingerprint density at radius 3 is 2.65 bits per heavy atom. The lowest BCUT2D eigenvalue weighted by atomic mass is 9.81. The lowest BCUT2D eigenvalue weighted by molar-refractivity contribution is 0.200. The SMILES string of the molecule is CC(C)c1cnc2ccc3cnc(Nc4ccc(N5CCC6(CNC6)C5)cn4)nc3n12. The molecule has 2 fully saturated rings. The summed E-state index contributed by atoms with van der Waals surface area (Å²) in [4.78, 5) is 20.9. The summed E-state index contributed by atoms with van der Waals surface area (Å²) in [6, 6.07) is 8.16. The minimum absolute atomic E-state index is 0.349. The van der Waals surface area contributed by atoms with Crippen LogP contribution in [0.5, 0.6) is 0 Å². The predicted molar refractivity (Wildman–Crippen MR) is 122 cm³/mol. The molecule has 4 aromatic heterocycles. The molecule has 6 rings (SSSR count). The van der Waals surface area contributed by atoms with Gasteiger partial charge in [-0.2, -0.15) is 4.98 Å². The van der Waals surface area contributed by atoms with E-state index >= 15 is 0 Å². The minimum atomic E-state index is 0.349. The highest BCUT2D eigenvalue weighted by Crippen LogP contribution is 2.36. The number of hydrogen-bond acceptors (Lipinski definition) is 7. The zero-order valence-electron chi connectivity index (χ0n) is 17.8. The van der Waals surface area contributed by atoms with Gasteiger partial charge in [-0.05, 0) is 36.6 Å². The maximum atomic E-state index is 4.79. The molecule has 0 aliphatic carbocycles. The van der Waals surface area contributed by atoms with Crippen molar-refractivity contribution in [1.82, 2.24) is 29.7 Å². The molecule has 1 spiro atoms. The molecule has 158 valence electrons. The summed E-state index contributed by atoms with van der Waals surface area (Å²) < 4.78 is 2.11. The van der Waals surface area contributed by atoms with Gasteiger partial charge >= 0.3 is 0 Å². The molecule has 2 saturated heterocycles. The quantitative estimate of drug-likeness (QED) is 0.530. The second-order valence-electron chi connectivity index (χ2n) is 9.14. The zero-order chi connectivity index (χ0) is 21.0. The molecule has 4 aromatic rings. The van der Waals surface area contributed by atoms with Gasteiger partial charge in [0.15, 0.2) is 5.65 Å². The van der Waals surface area contributed by atoms with Crippen LogP contribution in [-0.4, -0.2) is 50.5 Å². The van der Waals surface area contributed by atoms with E-state index in [9.17, 15) is 0 Å². The first kappa shape index (κ1) is 18.5. The molecule has 31 heavy (non-hydrogen) atoms. The minimum Gasteiger partial charge on any atom is -0.370 e. The van der Waals surface area contributed by atoms with Crippen LogP contribution in [0.25, 0.3) is 16.7 Å². The fourth-order valence-electron chi connectivity index (χ4n) is 4.72. The molecule has 0 saturated carbocycles. The third-order valence-electron chi connectivity index (χ3n) is 6.62. The number of pyridine rings is 2. The molecule has 2 aliphatic heterocycles. The summed E-state index contributed by atoms with van der Waals surface area (Å²) in [6.45, 7) is 8.82. The first-order chi connectivity index (χ1) is 15.1. The summed E-state index contributed by atoms with van der Waals surface area (Å²) in [5.41, 5.74) is 4.54. The maximum Gasteiger partial charge on any atom is 0.230 e. The largest absolute Gasteiger partial charge is 0.370 e. The normalized spacial score (nSPS) is 17.7. The molecule has 6 heterocycles. The third-order valence-corrected chi connectivity index (χ3v) is 6.62. The van der Waals surface area contributed by atoms with Gasteiger partial charge in [0, 0.05) is 55.1 Å². The molecule has 0 radical (unpaired) electrons. The van der Waals surface area contributed by atoms with Gasteiger partial charge in [-0.15, -0.1) is 0 Å². The Kier molecular flexibility index (Phi) is 4.11. The van der Waals surface area contributed by atoms with Crippen LogP contribution in [0.4, 0.5) is 17.5 Å². The summed E-state index contributed by atoms with van der Waals surface area (Å²) in [7, 11) is 0. The summed E-state index contributed by atoms with van der Waals surface area (Å²) >= 11 is 0. The number of hydrogen-bond donors (Lipinski definition) is 2. The molecular weight excluding hydrogens is 388 g/mol. The molecule has 2 N–H and O–H groups in total. The highest BCUT2D eigenvalue weighted by Gasteiger charge is 2.42. The lowest BCUT2D eigenvalue weighted by Gasteiger charge is -2.39. The van der Waals surface area contributed by atoms with Crippen LogP contribution in [0, 0.1) is 5.41 Å². The van der Waals surface area contributed by atoms with Gasteiger partial charge < -0.3 is 15.5 Å². The number of imidazole rings is 1. The molecule has 8 nitrogen and oxygen atoms in total. The Labute approximate surface area is 180 Å². The van der Waals surface area contributed by atoms with Crippen molar-refractivity contribution in [3.8, 4) is 0 Å². The van der Waals surface area contributed by atoms with Crippen LogP contribution in [0.1, 0.15) is 31.9 Å². The number of fused-ring (bicyclic) bond motifs is 3. The van der Waals surface area contributed by atoms with Gasteiger partial charge in [0.25, 0.3) is 0 Å². The van der Waals surface area contributed by atoms with Crippen molar-refractivity contribution in [3.63, 3.8) is 0 Å². The molecule has 0 bridgehead atoms. The molecule has 0 amide bonds. The van der Waals surface area contributed by atoms with Crippen LogP contribution < -0.4 is 15.5 Å². The number of aromatic nitrogens is 5. The van der Waals surface area contributed by atoms with E-state index < -0.39 is 0 Å². The van der Waals surface area contributed by atoms with Crippen molar-refractivity contribution in [1.29, 1.82) is 0 Å². The number of nitrogens with one attached hydrogen (secondary N) is 2. The Bertz CT molecular complexity index is 1260. The van der Waals surface area contributed by atoms with Crippen LogP contribution in [0.2, 0.25) is 0 Å². The van der Waals surface area contributed by atoms with Crippen LogP contribution >= 0.6 is 0 Å². The molecule has 8 heteroatoms. The number of nitrogens with zero attached hydrogens (tertiary/aromatic N) is 6. The standard InChI is InChI=1S/C23H26N8/c1-15(2)18-11-26-20-6-3-16-9-27-22(29-21(16)31(18)20)28-19-5-4-17(10-25-19)30-8-7-23(14-30)12-24-13-23/h3-6,9-11,15,24H,7-8,12-14H2,1-2H3,(H,25,27,28,29). The van der Waals surface area contributed by atoms with E-state index in [1.54, 1.807) is 0 Å². The summed E-state index contributed by atoms with van der Waals surface area (Å²) in [6.07, 6.45) is 6.97. The molecular formula is C23H26N8. The van der Waals surface area contributed by atoms with E-state index in [1.165, 1.54) is 12.1 Å².